The number of benzene rings is 1. The lowest BCUT2D eigenvalue weighted by Gasteiger charge is -2.44. The van der Waals surface area contributed by atoms with Crippen LogP contribution in [0.4, 0.5) is 8.78 Å². The number of nitrogens with zero attached hydrogens (tertiary/aromatic N) is 3. The molecule has 1 saturated heterocycles. The van der Waals surface area contributed by atoms with Crippen molar-refractivity contribution < 1.29 is 18.4 Å². The lowest BCUT2D eigenvalue weighted by molar-refractivity contribution is -0.136. The van der Waals surface area contributed by atoms with Gasteiger partial charge in [-0.1, -0.05) is 0 Å². The molecule has 7 nitrogen and oxygen atoms in total. The number of hydrogen-bond donors (Lipinski definition) is 1. The third-order valence-electron chi connectivity index (χ3n) is 4.39. The molecule has 0 bridgehead atoms. The van der Waals surface area contributed by atoms with E-state index in [-0.39, 0.29) is 37.0 Å². The van der Waals surface area contributed by atoms with Crippen molar-refractivity contribution in [3.05, 3.63) is 63.6 Å². The highest BCUT2D eigenvalue weighted by atomic mass is 19.1. The highest BCUT2D eigenvalue weighted by molar-refractivity contribution is 5.94. The number of amides is 2. The van der Waals surface area contributed by atoms with Crippen molar-refractivity contribution >= 4 is 11.8 Å². The normalized spacial score (nSPS) is 14.0. The van der Waals surface area contributed by atoms with Gasteiger partial charge in [-0.3, -0.25) is 14.4 Å². The van der Waals surface area contributed by atoms with Gasteiger partial charge in [0.25, 0.3) is 11.5 Å². The second-order valence-corrected chi connectivity index (χ2v) is 6.08. The number of aromatic nitrogens is 2. The summed E-state index contributed by atoms with van der Waals surface area (Å²) in [6.45, 7) is 0.530. The average molecular weight is 362 g/mol. The second-order valence-electron chi connectivity index (χ2n) is 6.08. The summed E-state index contributed by atoms with van der Waals surface area (Å²) in [6, 6.07) is 3.86. The number of rotatable bonds is 4. The number of halogens is 2. The molecule has 2 heterocycles. The van der Waals surface area contributed by atoms with E-state index in [0.717, 1.165) is 18.2 Å². The molecule has 136 valence electrons. The Morgan fingerprint density at radius 1 is 1.31 bits per heavy atom. The maximum atomic E-state index is 13.7. The van der Waals surface area contributed by atoms with Crippen molar-refractivity contribution in [3.8, 4) is 0 Å². The number of carbonyl (C=O) groups is 2. The molecule has 0 aliphatic carbocycles. The molecule has 1 aromatic carbocycles. The first-order chi connectivity index (χ1) is 12.4. The highest BCUT2D eigenvalue weighted by Crippen LogP contribution is 2.19. The smallest absolute Gasteiger partial charge is 0.267 e. The third-order valence-corrected chi connectivity index (χ3v) is 4.39. The van der Waals surface area contributed by atoms with Crippen LogP contribution in [0.3, 0.4) is 0 Å². The standard InChI is InChI=1S/C17H16F2N4O3/c1-22(17(26)13-7-11(18)2-3-14(13)19)12-8-23(9-12)15(24)6-10-4-5-20-21-16(10)25/h2-5,7,12H,6,8-9H2,1H3,(H,21,25). The minimum Gasteiger partial charge on any atom is -0.338 e. The molecule has 2 amide bonds. The van der Waals surface area contributed by atoms with Crippen molar-refractivity contribution in [2.45, 2.75) is 12.5 Å². The molecular weight excluding hydrogens is 346 g/mol. The Morgan fingerprint density at radius 2 is 2.04 bits per heavy atom. The quantitative estimate of drug-likeness (QED) is 0.862. The van der Waals surface area contributed by atoms with Crippen LogP contribution >= 0.6 is 0 Å². The summed E-state index contributed by atoms with van der Waals surface area (Å²) in [4.78, 5) is 38.9. The van der Waals surface area contributed by atoms with E-state index in [1.54, 1.807) is 0 Å². The molecule has 2 aromatic rings. The van der Waals surface area contributed by atoms with Gasteiger partial charge < -0.3 is 9.80 Å². The zero-order chi connectivity index (χ0) is 18.8. The van der Waals surface area contributed by atoms with Gasteiger partial charge in [0, 0.05) is 31.9 Å². The first-order valence-corrected chi connectivity index (χ1v) is 7.89. The molecule has 0 saturated carbocycles. The number of nitrogens with one attached hydrogen (secondary N) is 1. The number of carbonyl (C=O) groups excluding carboxylic acids is 2. The number of likely N-dealkylation sites (tertiary alicyclic amines) is 1. The van der Waals surface area contributed by atoms with Crippen LogP contribution in [0, 0.1) is 11.6 Å². The summed E-state index contributed by atoms with van der Waals surface area (Å²) >= 11 is 0. The lowest BCUT2D eigenvalue weighted by atomic mass is 10.0. The van der Waals surface area contributed by atoms with Gasteiger partial charge in [-0.2, -0.15) is 5.10 Å². The molecule has 0 spiro atoms. The van der Waals surface area contributed by atoms with Crippen molar-refractivity contribution in [2.24, 2.45) is 0 Å². The van der Waals surface area contributed by atoms with Crippen LogP contribution in [0.25, 0.3) is 0 Å². The summed E-state index contributed by atoms with van der Waals surface area (Å²) in [6.07, 6.45) is 1.32. The fourth-order valence-corrected chi connectivity index (χ4v) is 2.71. The SMILES string of the molecule is CN(C(=O)c1cc(F)ccc1F)C1CN(C(=O)Cc2ccn[nH]c2=O)C1. The molecule has 3 rings (SSSR count). The van der Waals surface area contributed by atoms with E-state index in [1.165, 1.54) is 29.1 Å². The summed E-state index contributed by atoms with van der Waals surface area (Å²) in [7, 11) is 1.48. The summed E-state index contributed by atoms with van der Waals surface area (Å²) in [5, 5.41) is 5.82. The van der Waals surface area contributed by atoms with Crippen molar-refractivity contribution in [2.75, 3.05) is 20.1 Å². The predicted molar refractivity (Wildman–Crippen MR) is 87.4 cm³/mol. The summed E-state index contributed by atoms with van der Waals surface area (Å²) in [5.74, 6) is -2.40. The molecule has 0 radical (unpaired) electrons. The molecule has 0 atom stereocenters. The molecule has 1 aliphatic rings. The Hall–Kier alpha value is -3.10. The van der Waals surface area contributed by atoms with E-state index in [0.29, 0.717) is 5.56 Å². The van der Waals surface area contributed by atoms with Gasteiger partial charge in [-0.25, -0.2) is 13.9 Å². The Bertz CT molecular complexity index is 909. The van der Waals surface area contributed by atoms with Gasteiger partial charge in [0.05, 0.1) is 18.0 Å². The van der Waals surface area contributed by atoms with Crippen LogP contribution in [0.2, 0.25) is 0 Å². The van der Waals surface area contributed by atoms with Crippen LogP contribution in [-0.4, -0.2) is 58.0 Å². The Labute approximate surface area is 147 Å². The average Bonchev–Trinajstić information content (AvgIpc) is 2.57. The second kappa shape index (κ2) is 7.03. The largest absolute Gasteiger partial charge is 0.338 e. The zero-order valence-corrected chi connectivity index (χ0v) is 13.9. The summed E-state index contributed by atoms with van der Waals surface area (Å²) in [5.41, 5.74) is -0.466. The highest BCUT2D eigenvalue weighted by Gasteiger charge is 2.36. The van der Waals surface area contributed by atoms with Gasteiger partial charge in [-0.05, 0) is 24.3 Å². The van der Waals surface area contributed by atoms with E-state index in [1.807, 2.05) is 0 Å². The number of likely N-dealkylation sites (N-methyl/N-ethyl adjacent to an activating group) is 1. The molecule has 1 aromatic heterocycles. The number of H-pyrrole nitrogens is 1. The van der Waals surface area contributed by atoms with E-state index >= 15 is 0 Å². The van der Waals surface area contributed by atoms with Gasteiger partial charge in [0.2, 0.25) is 5.91 Å². The van der Waals surface area contributed by atoms with Crippen LogP contribution < -0.4 is 5.56 Å². The lowest BCUT2D eigenvalue weighted by Crippen LogP contribution is -2.61. The maximum absolute atomic E-state index is 13.7. The number of hydrogen-bond acceptors (Lipinski definition) is 4. The van der Waals surface area contributed by atoms with E-state index < -0.39 is 23.1 Å². The first kappa shape index (κ1) is 17.7. The van der Waals surface area contributed by atoms with Gasteiger partial charge in [-0.15, -0.1) is 0 Å². The molecule has 1 N–H and O–H groups in total. The molecule has 9 heteroatoms. The Kier molecular flexibility index (Phi) is 4.79. The predicted octanol–water partition coefficient (Wildman–Crippen LogP) is 0.574. The first-order valence-electron chi connectivity index (χ1n) is 7.89. The van der Waals surface area contributed by atoms with Crippen molar-refractivity contribution in [3.63, 3.8) is 0 Å². The van der Waals surface area contributed by atoms with Crippen LogP contribution in [0.5, 0.6) is 0 Å². The fourth-order valence-electron chi connectivity index (χ4n) is 2.71. The summed E-state index contributed by atoms with van der Waals surface area (Å²) < 4.78 is 27.0. The molecular formula is C17H16F2N4O3. The minimum atomic E-state index is -0.799. The third kappa shape index (κ3) is 3.46. The van der Waals surface area contributed by atoms with Crippen LogP contribution in [0.15, 0.2) is 35.3 Å². The van der Waals surface area contributed by atoms with Crippen LogP contribution in [0.1, 0.15) is 15.9 Å². The number of aromatic amines is 1. The molecule has 1 aliphatic heterocycles. The minimum absolute atomic E-state index is 0.0687. The monoisotopic (exact) mass is 362 g/mol. The van der Waals surface area contributed by atoms with Gasteiger partial charge in [0.1, 0.15) is 11.6 Å². The van der Waals surface area contributed by atoms with Gasteiger partial charge in [0.15, 0.2) is 0 Å². The van der Waals surface area contributed by atoms with Crippen molar-refractivity contribution in [1.82, 2.24) is 20.0 Å². The molecule has 26 heavy (non-hydrogen) atoms. The Morgan fingerprint density at radius 3 is 2.73 bits per heavy atom. The van der Waals surface area contributed by atoms with Gasteiger partial charge >= 0.3 is 0 Å². The van der Waals surface area contributed by atoms with Crippen molar-refractivity contribution in [1.29, 1.82) is 0 Å². The molecule has 0 unspecified atom stereocenters. The topological polar surface area (TPSA) is 86.4 Å². The van der Waals surface area contributed by atoms with E-state index in [9.17, 15) is 23.2 Å². The van der Waals surface area contributed by atoms with Crippen LogP contribution in [-0.2, 0) is 11.2 Å². The fraction of sp³-hybridized carbons (Fsp3) is 0.294. The zero-order valence-electron chi connectivity index (χ0n) is 13.9. The van der Waals surface area contributed by atoms with E-state index in [2.05, 4.69) is 10.2 Å². The van der Waals surface area contributed by atoms with E-state index in [4.69, 9.17) is 0 Å². The maximum Gasteiger partial charge on any atom is 0.267 e. The Balaban J connectivity index is 1.59. The molecule has 1 fully saturated rings.